The molecular weight excluding hydrogens is 226 g/mol. The molecule has 1 atom stereocenters. The van der Waals surface area contributed by atoms with E-state index in [2.05, 4.69) is 20.3 Å². The quantitative estimate of drug-likeness (QED) is 0.851. The van der Waals surface area contributed by atoms with E-state index in [4.69, 9.17) is 5.73 Å². The van der Waals surface area contributed by atoms with E-state index < -0.39 is 0 Å². The molecule has 1 unspecified atom stereocenters. The first-order chi connectivity index (χ1) is 8.63. The Labute approximate surface area is 106 Å². The molecule has 2 rings (SSSR count). The molecule has 0 spiro atoms. The summed E-state index contributed by atoms with van der Waals surface area (Å²) >= 11 is 0. The molecule has 0 fully saturated rings. The lowest BCUT2D eigenvalue weighted by molar-refractivity contribution is 0.641. The van der Waals surface area contributed by atoms with Crippen molar-refractivity contribution in [3.05, 3.63) is 47.2 Å². The number of anilines is 1. The highest BCUT2D eigenvalue weighted by Crippen LogP contribution is 2.25. The first kappa shape index (κ1) is 12.4. The minimum atomic E-state index is -0.140. The molecule has 0 aliphatic carbocycles. The summed E-state index contributed by atoms with van der Waals surface area (Å²) in [5.74, 6) is 1.21. The number of nitrogens with one attached hydrogen (secondary N) is 1. The predicted octanol–water partition coefficient (Wildman–Crippen LogP) is 1.38. The molecule has 3 N–H and O–H groups in total. The molecular formula is C13H17N5. The molecule has 0 aromatic carbocycles. The van der Waals surface area contributed by atoms with Gasteiger partial charge in [-0.3, -0.25) is 0 Å². The molecule has 0 bridgehead atoms. The van der Waals surface area contributed by atoms with Crippen LogP contribution >= 0.6 is 0 Å². The van der Waals surface area contributed by atoms with Crippen molar-refractivity contribution < 1.29 is 0 Å². The maximum atomic E-state index is 5.96. The molecule has 5 heteroatoms. The van der Waals surface area contributed by atoms with Gasteiger partial charge in [-0.15, -0.1) is 0 Å². The van der Waals surface area contributed by atoms with Gasteiger partial charge < -0.3 is 11.1 Å². The molecule has 2 aromatic heterocycles. The van der Waals surface area contributed by atoms with Crippen molar-refractivity contribution in [3.63, 3.8) is 0 Å². The Kier molecular flexibility index (Phi) is 3.53. The van der Waals surface area contributed by atoms with Crippen LogP contribution in [0.4, 0.5) is 5.82 Å². The van der Waals surface area contributed by atoms with Crippen LogP contribution in [0, 0.1) is 13.8 Å². The van der Waals surface area contributed by atoms with Crippen LogP contribution < -0.4 is 11.1 Å². The molecule has 94 valence electrons. The molecule has 0 radical (unpaired) electrons. The second-order valence-electron chi connectivity index (χ2n) is 4.27. The number of rotatable bonds is 3. The summed E-state index contributed by atoms with van der Waals surface area (Å²) in [5.41, 5.74) is 9.00. The maximum absolute atomic E-state index is 5.96. The van der Waals surface area contributed by atoms with Crippen molar-refractivity contribution in [2.75, 3.05) is 12.8 Å². The highest BCUT2D eigenvalue weighted by Gasteiger charge is 2.20. The SMILES string of the molecule is CNC(c1ncc(C)cn1)c1c(C)ccnc1N. The Morgan fingerprint density at radius 1 is 1.17 bits per heavy atom. The van der Waals surface area contributed by atoms with E-state index in [1.807, 2.05) is 27.0 Å². The third-order valence-corrected chi connectivity index (χ3v) is 2.88. The van der Waals surface area contributed by atoms with Crippen molar-refractivity contribution >= 4 is 5.82 Å². The van der Waals surface area contributed by atoms with Crippen LogP contribution in [0.3, 0.4) is 0 Å². The van der Waals surface area contributed by atoms with Crippen LogP contribution in [0.5, 0.6) is 0 Å². The summed E-state index contributed by atoms with van der Waals surface area (Å²) in [5, 5.41) is 3.19. The van der Waals surface area contributed by atoms with Crippen LogP contribution in [0.25, 0.3) is 0 Å². The lowest BCUT2D eigenvalue weighted by atomic mass is 10.0. The van der Waals surface area contributed by atoms with Crippen molar-refractivity contribution in [3.8, 4) is 0 Å². The van der Waals surface area contributed by atoms with Crippen molar-refractivity contribution in [1.82, 2.24) is 20.3 Å². The number of hydrogen-bond donors (Lipinski definition) is 2. The van der Waals surface area contributed by atoms with Crippen molar-refractivity contribution in [2.24, 2.45) is 0 Å². The summed E-state index contributed by atoms with van der Waals surface area (Å²) in [6.45, 7) is 3.97. The molecule has 5 nitrogen and oxygen atoms in total. The highest BCUT2D eigenvalue weighted by atomic mass is 15.0. The minimum Gasteiger partial charge on any atom is -0.383 e. The van der Waals surface area contributed by atoms with Gasteiger partial charge in [0.05, 0.1) is 6.04 Å². The summed E-state index contributed by atoms with van der Waals surface area (Å²) in [7, 11) is 1.86. The lowest BCUT2D eigenvalue weighted by Crippen LogP contribution is -2.22. The van der Waals surface area contributed by atoms with Crippen LogP contribution in [0.1, 0.15) is 28.6 Å². The van der Waals surface area contributed by atoms with Gasteiger partial charge in [0.15, 0.2) is 0 Å². The lowest BCUT2D eigenvalue weighted by Gasteiger charge is -2.18. The second kappa shape index (κ2) is 5.10. The second-order valence-corrected chi connectivity index (χ2v) is 4.27. The summed E-state index contributed by atoms with van der Waals surface area (Å²) in [6, 6.07) is 1.80. The number of nitrogens with zero attached hydrogens (tertiary/aromatic N) is 3. The number of nitrogens with two attached hydrogens (primary N) is 1. The Hall–Kier alpha value is -2.01. The Morgan fingerprint density at radius 3 is 2.39 bits per heavy atom. The largest absolute Gasteiger partial charge is 0.383 e. The van der Waals surface area contributed by atoms with E-state index in [-0.39, 0.29) is 6.04 Å². The van der Waals surface area contributed by atoms with Gasteiger partial charge in [-0.1, -0.05) is 0 Å². The van der Waals surface area contributed by atoms with Crippen LogP contribution in [-0.2, 0) is 0 Å². The fourth-order valence-electron chi connectivity index (χ4n) is 1.92. The van der Waals surface area contributed by atoms with E-state index in [0.717, 1.165) is 16.7 Å². The Balaban J connectivity index is 2.48. The molecule has 2 aromatic rings. The van der Waals surface area contributed by atoms with E-state index in [0.29, 0.717) is 11.6 Å². The summed E-state index contributed by atoms with van der Waals surface area (Å²) in [6.07, 6.45) is 5.31. The molecule has 0 aliphatic rings. The van der Waals surface area contributed by atoms with Gasteiger partial charge in [0.1, 0.15) is 11.6 Å². The standard InChI is InChI=1S/C13H17N5/c1-8-6-17-13(18-7-8)11(15-3)10-9(2)4-5-16-12(10)14/h4-7,11,15H,1-3H3,(H2,14,16). The van der Waals surface area contributed by atoms with Crippen molar-refractivity contribution in [2.45, 2.75) is 19.9 Å². The molecule has 18 heavy (non-hydrogen) atoms. The fourth-order valence-corrected chi connectivity index (χ4v) is 1.92. The van der Waals surface area contributed by atoms with Gasteiger partial charge >= 0.3 is 0 Å². The van der Waals surface area contributed by atoms with Crippen LogP contribution in [0.15, 0.2) is 24.7 Å². The maximum Gasteiger partial charge on any atom is 0.149 e. The topological polar surface area (TPSA) is 76.7 Å². The zero-order valence-electron chi connectivity index (χ0n) is 10.8. The van der Waals surface area contributed by atoms with Gasteiger partial charge in [-0.2, -0.15) is 0 Å². The van der Waals surface area contributed by atoms with Crippen LogP contribution in [-0.4, -0.2) is 22.0 Å². The van der Waals surface area contributed by atoms with Gasteiger partial charge in [0.25, 0.3) is 0 Å². The average Bonchev–Trinajstić information content (AvgIpc) is 2.35. The van der Waals surface area contributed by atoms with E-state index in [9.17, 15) is 0 Å². The molecule has 2 heterocycles. The predicted molar refractivity (Wildman–Crippen MR) is 71.1 cm³/mol. The van der Waals surface area contributed by atoms with Gasteiger partial charge in [-0.25, -0.2) is 15.0 Å². The Morgan fingerprint density at radius 2 is 1.83 bits per heavy atom. The average molecular weight is 243 g/mol. The van der Waals surface area contributed by atoms with E-state index >= 15 is 0 Å². The molecule has 0 aliphatic heterocycles. The van der Waals surface area contributed by atoms with Gasteiger partial charge in [-0.05, 0) is 38.1 Å². The number of aromatic nitrogens is 3. The zero-order valence-corrected chi connectivity index (χ0v) is 10.8. The third kappa shape index (κ3) is 2.31. The van der Waals surface area contributed by atoms with Crippen molar-refractivity contribution in [1.29, 1.82) is 0 Å². The van der Waals surface area contributed by atoms with Gasteiger partial charge in [0, 0.05) is 24.2 Å². The number of aryl methyl sites for hydroxylation is 2. The molecule has 0 saturated heterocycles. The number of pyridine rings is 1. The van der Waals surface area contributed by atoms with E-state index in [1.165, 1.54) is 0 Å². The normalized spacial score (nSPS) is 12.4. The number of hydrogen-bond acceptors (Lipinski definition) is 5. The monoisotopic (exact) mass is 243 g/mol. The third-order valence-electron chi connectivity index (χ3n) is 2.88. The zero-order chi connectivity index (χ0) is 13.1. The first-order valence-corrected chi connectivity index (χ1v) is 5.80. The first-order valence-electron chi connectivity index (χ1n) is 5.80. The minimum absolute atomic E-state index is 0.140. The smallest absolute Gasteiger partial charge is 0.149 e. The fraction of sp³-hybridized carbons (Fsp3) is 0.308. The molecule has 0 amide bonds. The summed E-state index contributed by atoms with van der Waals surface area (Å²) < 4.78 is 0. The molecule has 0 saturated carbocycles. The number of nitrogen functional groups attached to an aromatic ring is 1. The summed E-state index contributed by atoms with van der Waals surface area (Å²) in [4.78, 5) is 12.8. The highest BCUT2D eigenvalue weighted by molar-refractivity contribution is 5.48. The Bertz CT molecular complexity index is 515. The van der Waals surface area contributed by atoms with E-state index in [1.54, 1.807) is 18.6 Å². The van der Waals surface area contributed by atoms with Gasteiger partial charge in [0.2, 0.25) is 0 Å². The van der Waals surface area contributed by atoms with Crippen LogP contribution in [0.2, 0.25) is 0 Å².